The number of nitrogens with zero attached hydrogens (tertiary/aromatic N) is 6. The van der Waals surface area contributed by atoms with Crippen molar-refractivity contribution in [3.63, 3.8) is 0 Å². The van der Waals surface area contributed by atoms with Crippen LogP contribution in [0.1, 0.15) is 36.2 Å². The second-order valence-electron chi connectivity index (χ2n) is 6.98. The third-order valence-electron chi connectivity index (χ3n) is 5.12. The van der Waals surface area contributed by atoms with E-state index < -0.39 is 0 Å². The Labute approximate surface area is 162 Å². The second kappa shape index (κ2) is 6.56. The van der Waals surface area contributed by atoms with Crippen molar-refractivity contribution in [3.8, 4) is 5.69 Å². The lowest BCUT2D eigenvalue weighted by Gasteiger charge is -2.10. The number of aryl methyl sites for hydroxylation is 1. The SMILES string of the molecule is CC[C@@H](c1ccccc1)c1nc2c3cnn(-c4ccc(C)cc4)c3ncn2n1. The van der Waals surface area contributed by atoms with Crippen molar-refractivity contribution in [1.29, 1.82) is 0 Å². The number of rotatable bonds is 4. The van der Waals surface area contributed by atoms with Crippen LogP contribution in [0.5, 0.6) is 0 Å². The van der Waals surface area contributed by atoms with Gasteiger partial charge in [0.2, 0.25) is 0 Å². The van der Waals surface area contributed by atoms with Gasteiger partial charge in [-0.15, -0.1) is 5.10 Å². The number of hydrogen-bond acceptors (Lipinski definition) is 4. The van der Waals surface area contributed by atoms with E-state index in [4.69, 9.17) is 10.1 Å². The minimum atomic E-state index is 0.156. The van der Waals surface area contributed by atoms with Crippen molar-refractivity contribution in [3.05, 3.63) is 84.1 Å². The van der Waals surface area contributed by atoms with Crippen molar-refractivity contribution < 1.29 is 0 Å². The van der Waals surface area contributed by atoms with Gasteiger partial charge in [-0.2, -0.15) is 5.10 Å². The lowest BCUT2D eigenvalue weighted by Crippen LogP contribution is -2.02. The van der Waals surface area contributed by atoms with E-state index in [1.165, 1.54) is 11.1 Å². The molecular formula is C22H20N6. The summed E-state index contributed by atoms with van der Waals surface area (Å²) in [4.78, 5) is 9.47. The molecule has 0 aliphatic carbocycles. The molecule has 0 spiro atoms. The summed E-state index contributed by atoms with van der Waals surface area (Å²) in [6, 6.07) is 18.6. The van der Waals surface area contributed by atoms with Crippen LogP contribution in [0.4, 0.5) is 0 Å². The predicted molar refractivity (Wildman–Crippen MR) is 109 cm³/mol. The summed E-state index contributed by atoms with van der Waals surface area (Å²) in [5, 5.41) is 10.2. The standard InChI is InChI=1S/C22H20N6/c1-3-18(16-7-5-4-6-8-16)20-25-22-19-13-24-28(17-11-9-15(2)10-12-17)21(19)23-14-27(22)26-20/h4-14,18H,3H2,1-2H3/t18-/m0/s1. The molecule has 5 aromatic rings. The van der Waals surface area contributed by atoms with E-state index in [1.54, 1.807) is 10.8 Å². The third-order valence-corrected chi connectivity index (χ3v) is 5.12. The molecule has 0 aliphatic rings. The lowest BCUT2D eigenvalue weighted by molar-refractivity contribution is 0.711. The minimum absolute atomic E-state index is 0.156. The molecule has 0 aliphatic heterocycles. The molecule has 6 heteroatoms. The van der Waals surface area contributed by atoms with Crippen LogP contribution in [0.25, 0.3) is 22.4 Å². The molecule has 0 fully saturated rings. The zero-order valence-electron chi connectivity index (χ0n) is 15.8. The molecule has 2 aromatic carbocycles. The molecule has 3 aromatic heterocycles. The van der Waals surface area contributed by atoms with E-state index in [0.717, 1.165) is 34.6 Å². The van der Waals surface area contributed by atoms with Crippen molar-refractivity contribution >= 4 is 16.7 Å². The first-order valence-corrected chi connectivity index (χ1v) is 9.45. The highest BCUT2D eigenvalue weighted by Crippen LogP contribution is 2.27. The Bertz CT molecular complexity index is 1250. The van der Waals surface area contributed by atoms with Crippen molar-refractivity contribution in [2.24, 2.45) is 0 Å². The van der Waals surface area contributed by atoms with Crippen LogP contribution < -0.4 is 0 Å². The molecule has 138 valence electrons. The molecule has 5 rings (SSSR count). The van der Waals surface area contributed by atoms with Crippen molar-refractivity contribution in [2.45, 2.75) is 26.2 Å². The molecule has 0 amide bonds. The zero-order chi connectivity index (χ0) is 19.1. The van der Waals surface area contributed by atoms with Gasteiger partial charge < -0.3 is 0 Å². The van der Waals surface area contributed by atoms with Crippen LogP contribution in [0, 0.1) is 6.92 Å². The first-order chi connectivity index (χ1) is 13.7. The van der Waals surface area contributed by atoms with Gasteiger partial charge in [-0.05, 0) is 31.0 Å². The fourth-order valence-electron chi connectivity index (χ4n) is 3.61. The third kappa shape index (κ3) is 2.65. The maximum atomic E-state index is 4.87. The predicted octanol–water partition coefficient (Wildman–Crippen LogP) is 4.31. The molecule has 1 atom stereocenters. The van der Waals surface area contributed by atoms with E-state index in [-0.39, 0.29) is 5.92 Å². The lowest BCUT2D eigenvalue weighted by atomic mass is 9.96. The van der Waals surface area contributed by atoms with E-state index in [0.29, 0.717) is 0 Å². The smallest absolute Gasteiger partial charge is 0.170 e. The first kappa shape index (κ1) is 16.6. The van der Waals surface area contributed by atoms with Gasteiger partial charge in [0.1, 0.15) is 6.33 Å². The van der Waals surface area contributed by atoms with E-state index in [1.807, 2.05) is 29.1 Å². The van der Waals surface area contributed by atoms with Gasteiger partial charge in [0.15, 0.2) is 17.1 Å². The Morgan fingerprint density at radius 2 is 1.75 bits per heavy atom. The Morgan fingerprint density at radius 3 is 2.50 bits per heavy atom. The molecule has 0 radical (unpaired) electrons. The Hall–Kier alpha value is -3.54. The molecule has 0 unspecified atom stereocenters. The second-order valence-corrected chi connectivity index (χ2v) is 6.98. The van der Waals surface area contributed by atoms with Crippen LogP contribution in [-0.2, 0) is 0 Å². The van der Waals surface area contributed by atoms with Gasteiger partial charge >= 0.3 is 0 Å². The van der Waals surface area contributed by atoms with Crippen LogP contribution in [0.15, 0.2) is 67.1 Å². The Kier molecular flexibility index (Phi) is 3.90. The van der Waals surface area contributed by atoms with E-state index >= 15 is 0 Å². The van der Waals surface area contributed by atoms with Crippen molar-refractivity contribution in [1.82, 2.24) is 29.4 Å². The molecule has 0 saturated heterocycles. The maximum Gasteiger partial charge on any atom is 0.170 e. The average Bonchev–Trinajstić information content (AvgIpc) is 3.34. The molecule has 0 saturated carbocycles. The zero-order valence-corrected chi connectivity index (χ0v) is 15.8. The topological polar surface area (TPSA) is 60.9 Å². The number of aromatic nitrogens is 6. The highest BCUT2D eigenvalue weighted by molar-refractivity contribution is 5.89. The monoisotopic (exact) mass is 368 g/mol. The number of fused-ring (bicyclic) bond motifs is 3. The summed E-state index contributed by atoms with van der Waals surface area (Å²) in [6.45, 7) is 4.23. The number of hydrogen-bond donors (Lipinski definition) is 0. The number of benzene rings is 2. The molecule has 6 nitrogen and oxygen atoms in total. The summed E-state index contributed by atoms with van der Waals surface area (Å²) in [6.07, 6.45) is 4.47. The minimum Gasteiger partial charge on any atom is -0.216 e. The summed E-state index contributed by atoms with van der Waals surface area (Å²) >= 11 is 0. The fourth-order valence-corrected chi connectivity index (χ4v) is 3.61. The molecule has 0 N–H and O–H groups in total. The van der Waals surface area contributed by atoms with Gasteiger partial charge in [0, 0.05) is 5.92 Å². The van der Waals surface area contributed by atoms with Gasteiger partial charge in [-0.25, -0.2) is 19.2 Å². The summed E-state index contributed by atoms with van der Waals surface area (Å²) in [5.41, 5.74) is 4.98. The van der Waals surface area contributed by atoms with Gasteiger partial charge in [0.05, 0.1) is 17.3 Å². The van der Waals surface area contributed by atoms with E-state index in [9.17, 15) is 0 Å². The Balaban J connectivity index is 1.64. The van der Waals surface area contributed by atoms with Gasteiger partial charge in [-0.3, -0.25) is 0 Å². The van der Waals surface area contributed by atoms with Gasteiger partial charge in [0.25, 0.3) is 0 Å². The molecule has 28 heavy (non-hydrogen) atoms. The molecule has 0 bridgehead atoms. The fraction of sp³-hybridized carbons (Fsp3) is 0.182. The van der Waals surface area contributed by atoms with Crippen LogP contribution in [-0.4, -0.2) is 29.4 Å². The maximum absolute atomic E-state index is 4.87. The van der Waals surface area contributed by atoms with E-state index in [2.05, 4.69) is 60.3 Å². The van der Waals surface area contributed by atoms with Crippen LogP contribution in [0.2, 0.25) is 0 Å². The average molecular weight is 368 g/mol. The molecule has 3 heterocycles. The summed E-state index contributed by atoms with van der Waals surface area (Å²) in [5.74, 6) is 0.967. The highest BCUT2D eigenvalue weighted by atomic mass is 15.3. The summed E-state index contributed by atoms with van der Waals surface area (Å²) < 4.78 is 3.60. The summed E-state index contributed by atoms with van der Waals surface area (Å²) in [7, 11) is 0. The largest absolute Gasteiger partial charge is 0.216 e. The highest BCUT2D eigenvalue weighted by Gasteiger charge is 2.19. The first-order valence-electron chi connectivity index (χ1n) is 9.45. The van der Waals surface area contributed by atoms with Crippen LogP contribution >= 0.6 is 0 Å². The van der Waals surface area contributed by atoms with Crippen molar-refractivity contribution in [2.75, 3.05) is 0 Å². The Morgan fingerprint density at radius 1 is 0.964 bits per heavy atom. The normalized spacial score (nSPS) is 12.6. The van der Waals surface area contributed by atoms with Crippen LogP contribution in [0.3, 0.4) is 0 Å². The quantitative estimate of drug-likeness (QED) is 0.474. The van der Waals surface area contributed by atoms with Gasteiger partial charge in [-0.1, -0.05) is 55.0 Å². The molecular weight excluding hydrogens is 348 g/mol.